The number of fused-ring (bicyclic) bond motifs is 1. The molecule has 170 valence electrons. The lowest BCUT2D eigenvalue weighted by Gasteiger charge is -2.35. The topological polar surface area (TPSA) is 93.6 Å². The van der Waals surface area contributed by atoms with Crippen LogP contribution in [-0.2, 0) is 6.54 Å². The van der Waals surface area contributed by atoms with Crippen LogP contribution in [0.25, 0.3) is 22.1 Å². The third kappa shape index (κ3) is 3.89. The number of nitrogens with zero attached hydrogens (tertiary/aromatic N) is 4. The summed E-state index contributed by atoms with van der Waals surface area (Å²) in [6, 6.07) is 18.4. The summed E-state index contributed by atoms with van der Waals surface area (Å²) in [7, 11) is 0. The molecule has 34 heavy (non-hydrogen) atoms. The smallest absolute Gasteiger partial charge is 0.200 e. The fourth-order valence-electron chi connectivity index (χ4n) is 4.58. The predicted octanol–water partition coefficient (Wildman–Crippen LogP) is 4.06. The summed E-state index contributed by atoms with van der Waals surface area (Å²) in [5.41, 5.74) is 2.86. The van der Waals surface area contributed by atoms with Crippen LogP contribution in [0.2, 0.25) is 0 Å². The highest BCUT2D eigenvalue weighted by atomic mass is 16.3. The molecule has 5 rings (SSSR count). The predicted molar refractivity (Wildman–Crippen MR) is 131 cm³/mol. The van der Waals surface area contributed by atoms with Gasteiger partial charge in [-0.1, -0.05) is 30.3 Å². The van der Waals surface area contributed by atoms with Crippen molar-refractivity contribution >= 4 is 16.8 Å². The van der Waals surface area contributed by atoms with Gasteiger partial charge in [0, 0.05) is 38.9 Å². The summed E-state index contributed by atoms with van der Waals surface area (Å²) in [5, 5.41) is 20.5. The number of phenols is 1. The fraction of sp³-hybridized carbons (Fsp3) is 0.222. The van der Waals surface area contributed by atoms with Gasteiger partial charge in [0.05, 0.1) is 22.1 Å². The summed E-state index contributed by atoms with van der Waals surface area (Å²) in [5.74, 6) is 1.34. The van der Waals surface area contributed by atoms with E-state index in [-0.39, 0.29) is 11.2 Å². The van der Waals surface area contributed by atoms with Gasteiger partial charge in [-0.25, -0.2) is 4.98 Å². The van der Waals surface area contributed by atoms with Crippen molar-refractivity contribution in [2.45, 2.75) is 13.5 Å². The molecule has 0 saturated carbocycles. The molecule has 1 saturated heterocycles. The average molecular weight is 453 g/mol. The Hall–Kier alpha value is -4.15. The Balaban J connectivity index is 1.43. The van der Waals surface area contributed by atoms with E-state index in [9.17, 15) is 15.2 Å². The van der Waals surface area contributed by atoms with Gasteiger partial charge < -0.3 is 14.4 Å². The molecule has 3 heterocycles. The van der Waals surface area contributed by atoms with Gasteiger partial charge >= 0.3 is 0 Å². The number of hydrogen-bond acceptors (Lipinski definition) is 7. The number of hydrogen-bond donors (Lipinski definition) is 1. The number of benzene rings is 2. The van der Waals surface area contributed by atoms with E-state index in [1.165, 1.54) is 0 Å². The van der Waals surface area contributed by atoms with Crippen LogP contribution in [0.4, 0.5) is 5.82 Å². The number of pyridine rings is 1. The van der Waals surface area contributed by atoms with E-state index in [0.717, 1.165) is 18.7 Å². The number of nitriles is 1. The molecule has 2 aromatic carbocycles. The maximum Gasteiger partial charge on any atom is 0.200 e. The molecule has 1 aliphatic rings. The summed E-state index contributed by atoms with van der Waals surface area (Å²) < 4.78 is 6.16. The van der Waals surface area contributed by atoms with E-state index in [4.69, 9.17) is 4.42 Å². The lowest BCUT2D eigenvalue weighted by atomic mass is 10.0. The standard InChI is InChI=1S/C27H24N4O3/c1-18-24(19-6-3-2-4-7-19)25(33)21-9-10-23(32)22(26(21)34-18)17-30-12-14-31(15-13-30)27-20(16-28)8-5-11-29-27/h2-11,32H,12-15,17H2,1H3. The normalized spacial score (nSPS) is 14.3. The molecular weight excluding hydrogens is 428 g/mol. The van der Waals surface area contributed by atoms with Crippen molar-refractivity contribution in [1.29, 1.82) is 5.26 Å². The van der Waals surface area contributed by atoms with Crippen LogP contribution in [0.15, 0.2) is 70.0 Å². The summed E-state index contributed by atoms with van der Waals surface area (Å²) >= 11 is 0. The van der Waals surface area contributed by atoms with Gasteiger partial charge in [0.2, 0.25) is 5.43 Å². The van der Waals surface area contributed by atoms with Gasteiger partial charge in [0.25, 0.3) is 0 Å². The van der Waals surface area contributed by atoms with Gasteiger partial charge in [0.1, 0.15) is 29.0 Å². The van der Waals surface area contributed by atoms with Crippen molar-refractivity contribution in [1.82, 2.24) is 9.88 Å². The van der Waals surface area contributed by atoms with Gasteiger partial charge in [-0.05, 0) is 36.8 Å². The molecule has 1 fully saturated rings. The van der Waals surface area contributed by atoms with Gasteiger partial charge in [-0.2, -0.15) is 5.26 Å². The van der Waals surface area contributed by atoms with E-state index in [0.29, 0.717) is 58.9 Å². The monoisotopic (exact) mass is 452 g/mol. The Kier molecular flexibility index (Phi) is 5.74. The van der Waals surface area contributed by atoms with E-state index in [2.05, 4.69) is 20.9 Å². The number of rotatable bonds is 4. The Morgan fingerprint density at radius 3 is 2.56 bits per heavy atom. The van der Waals surface area contributed by atoms with Gasteiger partial charge in [-0.3, -0.25) is 9.69 Å². The van der Waals surface area contributed by atoms with E-state index in [1.807, 2.05) is 30.3 Å². The number of aryl methyl sites for hydroxylation is 1. The van der Waals surface area contributed by atoms with Gasteiger partial charge in [0.15, 0.2) is 0 Å². The fourth-order valence-corrected chi connectivity index (χ4v) is 4.58. The van der Waals surface area contributed by atoms with Crippen molar-refractivity contribution in [3.8, 4) is 22.9 Å². The second-order valence-electron chi connectivity index (χ2n) is 8.42. The Morgan fingerprint density at radius 2 is 1.82 bits per heavy atom. The molecule has 0 bridgehead atoms. The molecule has 0 radical (unpaired) electrons. The molecule has 7 heteroatoms. The molecule has 0 unspecified atom stereocenters. The molecular formula is C27H24N4O3. The Morgan fingerprint density at radius 1 is 1.06 bits per heavy atom. The average Bonchev–Trinajstić information content (AvgIpc) is 2.87. The Labute approximate surface area is 197 Å². The lowest BCUT2D eigenvalue weighted by molar-refractivity contribution is 0.246. The molecule has 0 atom stereocenters. The first-order valence-electron chi connectivity index (χ1n) is 11.2. The van der Waals surface area contributed by atoms with Crippen molar-refractivity contribution in [2.75, 3.05) is 31.1 Å². The maximum atomic E-state index is 13.4. The minimum absolute atomic E-state index is 0.102. The number of phenolic OH excluding ortho intramolecular Hbond substituents is 1. The first-order chi connectivity index (χ1) is 16.6. The van der Waals surface area contributed by atoms with Crippen LogP contribution >= 0.6 is 0 Å². The van der Waals surface area contributed by atoms with E-state index in [1.54, 1.807) is 37.4 Å². The molecule has 0 aliphatic carbocycles. The molecule has 0 spiro atoms. The van der Waals surface area contributed by atoms with Crippen LogP contribution in [0.3, 0.4) is 0 Å². The lowest BCUT2D eigenvalue weighted by Crippen LogP contribution is -2.46. The van der Waals surface area contributed by atoms with Crippen molar-refractivity contribution < 1.29 is 9.52 Å². The number of aromatic hydroxyl groups is 1. The Bertz CT molecular complexity index is 1450. The van der Waals surface area contributed by atoms with Crippen LogP contribution in [-0.4, -0.2) is 41.2 Å². The van der Waals surface area contributed by atoms with E-state index < -0.39 is 0 Å². The number of anilines is 1. The number of piperazine rings is 1. The quantitative estimate of drug-likeness (QED) is 0.499. The second-order valence-corrected chi connectivity index (χ2v) is 8.42. The third-order valence-corrected chi connectivity index (χ3v) is 6.34. The number of aromatic nitrogens is 1. The van der Waals surface area contributed by atoms with Crippen LogP contribution in [0, 0.1) is 18.3 Å². The van der Waals surface area contributed by atoms with Crippen molar-refractivity contribution in [2.24, 2.45) is 0 Å². The zero-order chi connectivity index (χ0) is 23.7. The van der Waals surface area contributed by atoms with Gasteiger partial charge in [-0.15, -0.1) is 0 Å². The minimum atomic E-state index is -0.102. The summed E-state index contributed by atoms with van der Waals surface area (Å²) in [6.07, 6.45) is 1.70. The van der Waals surface area contributed by atoms with Crippen molar-refractivity contribution in [3.05, 3.63) is 87.9 Å². The largest absolute Gasteiger partial charge is 0.507 e. The highest BCUT2D eigenvalue weighted by molar-refractivity contribution is 5.86. The van der Waals surface area contributed by atoms with Crippen LogP contribution < -0.4 is 10.3 Å². The molecule has 2 aromatic heterocycles. The summed E-state index contributed by atoms with van der Waals surface area (Å²) in [4.78, 5) is 22.1. The SMILES string of the molecule is Cc1oc2c(CN3CCN(c4ncccc4C#N)CC3)c(O)ccc2c(=O)c1-c1ccccc1. The first-order valence-corrected chi connectivity index (χ1v) is 11.2. The van der Waals surface area contributed by atoms with Crippen LogP contribution in [0.1, 0.15) is 16.9 Å². The molecule has 4 aromatic rings. The third-order valence-electron chi connectivity index (χ3n) is 6.34. The molecule has 1 N–H and O–H groups in total. The summed E-state index contributed by atoms with van der Waals surface area (Å²) in [6.45, 7) is 5.11. The first kappa shape index (κ1) is 21.7. The molecule has 1 aliphatic heterocycles. The van der Waals surface area contributed by atoms with E-state index >= 15 is 0 Å². The second kappa shape index (κ2) is 9.00. The van der Waals surface area contributed by atoms with Crippen LogP contribution in [0.5, 0.6) is 5.75 Å². The highest BCUT2D eigenvalue weighted by Crippen LogP contribution is 2.31. The molecule has 0 amide bonds. The highest BCUT2D eigenvalue weighted by Gasteiger charge is 2.23. The molecule has 7 nitrogen and oxygen atoms in total. The maximum absolute atomic E-state index is 13.4. The van der Waals surface area contributed by atoms with Crippen molar-refractivity contribution in [3.63, 3.8) is 0 Å². The zero-order valence-electron chi connectivity index (χ0n) is 18.9. The minimum Gasteiger partial charge on any atom is -0.507 e. The zero-order valence-corrected chi connectivity index (χ0v) is 18.9.